The fraction of sp³-hybridized carbons (Fsp3) is 0.167. The Kier molecular flexibility index (Phi) is 5.28. The standard InChI is InChI=1S/C24H22F2N6/c25-19-5-2-6-20(26)21(19)17-3-1-4-18-22(17)30-24(31-23(18)27)29-15-7-9-16(10-8-15)32-13-11-28-12-14-32/h1-10,28H,11-14H2,(H3,27,29,30,31). The van der Waals surface area contributed by atoms with Gasteiger partial charge in [-0.3, -0.25) is 0 Å². The molecule has 1 aliphatic rings. The molecule has 1 fully saturated rings. The van der Waals surface area contributed by atoms with Crippen LogP contribution in [0.25, 0.3) is 22.0 Å². The molecule has 1 aromatic heterocycles. The predicted molar refractivity (Wildman–Crippen MR) is 124 cm³/mol. The first-order valence-electron chi connectivity index (χ1n) is 10.4. The molecular weight excluding hydrogens is 410 g/mol. The van der Waals surface area contributed by atoms with E-state index in [1.54, 1.807) is 18.2 Å². The summed E-state index contributed by atoms with van der Waals surface area (Å²) in [6, 6.07) is 16.8. The number of nitrogen functional groups attached to an aromatic ring is 1. The van der Waals surface area contributed by atoms with Crippen molar-refractivity contribution in [2.24, 2.45) is 0 Å². The van der Waals surface area contributed by atoms with E-state index in [9.17, 15) is 8.78 Å². The van der Waals surface area contributed by atoms with Gasteiger partial charge in [-0.2, -0.15) is 4.98 Å². The maximum Gasteiger partial charge on any atom is 0.229 e. The number of nitrogens with one attached hydrogen (secondary N) is 2. The van der Waals surface area contributed by atoms with Gasteiger partial charge in [-0.25, -0.2) is 13.8 Å². The van der Waals surface area contributed by atoms with Crippen LogP contribution in [-0.2, 0) is 0 Å². The van der Waals surface area contributed by atoms with Crippen LogP contribution in [-0.4, -0.2) is 36.1 Å². The lowest BCUT2D eigenvalue weighted by Crippen LogP contribution is -2.43. The zero-order valence-corrected chi connectivity index (χ0v) is 17.3. The molecule has 0 saturated carbocycles. The van der Waals surface area contributed by atoms with Crippen LogP contribution in [0.4, 0.5) is 31.9 Å². The molecule has 4 aromatic rings. The molecule has 8 heteroatoms. The van der Waals surface area contributed by atoms with Crippen LogP contribution >= 0.6 is 0 Å². The molecule has 162 valence electrons. The van der Waals surface area contributed by atoms with E-state index in [1.807, 2.05) is 24.3 Å². The Morgan fingerprint density at radius 1 is 0.875 bits per heavy atom. The number of hydrogen-bond donors (Lipinski definition) is 3. The van der Waals surface area contributed by atoms with E-state index in [1.165, 1.54) is 18.2 Å². The van der Waals surface area contributed by atoms with E-state index >= 15 is 0 Å². The van der Waals surface area contributed by atoms with Crippen molar-refractivity contribution in [2.75, 3.05) is 42.1 Å². The van der Waals surface area contributed by atoms with E-state index in [0.717, 1.165) is 37.6 Å². The van der Waals surface area contributed by atoms with E-state index in [2.05, 4.69) is 25.5 Å². The summed E-state index contributed by atoms with van der Waals surface area (Å²) >= 11 is 0. The van der Waals surface area contributed by atoms with Gasteiger partial charge in [0.2, 0.25) is 5.95 Å². The van der Waals surface area contributed by atoms with Crippen LogP contribution in [0.15, 0.2) is 60.7 Å². The minimum absolute atomic E-state index is 0.137. The van der Waals surface area contributed by atoms with Gasteiger partial charge >= 0.3 is 0 Å². The van der Waals surface area contributed by atoms with Gasteiger partial charge in [0.25, 0.3) is 0 Å². The van der Waals surface area contributed by atoms with Crippen molar-refractivity contribution in [1.29, 1.82) is 0 Å². The lowest BCUT2D eigenvalue weighted by atomic mass is 10.0. The highest BCUT2D eigenvalue weighted by Gasteiger charge is 2.17. The van der Waals surface area contributed by atoms with Gasteiger partial charge in [-0.1, -0.05) is 18.2 Å². The van der Waals surface area contributed by atoms with Gasteiger partial charge in [0.1, 0.15) is 17.5 Å². The Labute approximate surface area is 184 Å². The molecule has 0 amide bonds. The van der Waals surface area contributed by atoms with Crippen molar-refractivity contribution in [3.63, 3.8) is 0 Å². The molecule has 0 unspecified atom stereocenters. The molecule has 0 spiro atoms. The van der Waals surface area contributed by atoms with Crippen molar-refractivity contribution in [2.45, 2.75) is 0 Å². The molecule has 0 bridgehead atoms. The van der Waals surface area contributed by atoms with Crippen molar-refractivity contribution in [3.8, 4) is 11.1 Å². The quantitative estimate of drug-likeness (QED) is 0.446. The predicted octanol–water partition coefficient (Wildman–Crippen LogP) is 4.31. The van der Waals surface area contributed by atoms with E-state index < -0.39 is 11.6 Å². The van der Waals surface area contributed by atoms with Crippen molar-refractivity contribution < 1.29 is 8.78 Å². The second kappa shape index (κ2) is 8.39. The molecule has 0 aliphatic carbocycles. The number of anilines is 4. The average Bonchev–Trinajstić information content (AvgIpc) is 2.80. The monoisotopic (exact) mass is 432 g/mol. The maximum atomic E-state index is 14.5. The van der Waals surface area contributed by atoms with Crippen LogP contribution in [0.2, 0.25) is 0 Å². The zero-order chi connectivity index (χ0) is 22.1. The molecule has 1 aliphatic heterocycles. The molecule has 4 N–H and O–H groups in total. The highest BCUT2D eigenvalue weighted by atomic mass is 19.1. The molecule has 0 radical (unpaired) electrons. The van der Waals surface area contributed by atoms with E-state index in [4.69, 9.17) is 5.73 Å². The van der Waals surface area contributed by atoms with Gasteiger partial charge in [0.05, 0.1) is 11.1 Å². The first kappa shape index (κ1) is 20.1. The minimum atomic E-state index is -0.660. The summed E-state index contributed by atoms with van der Waals surface area (Å²) in [5.74, 6) is -0.831. The van der Waals surface area contributed by atoms with Crippen molar-refractivity contribution in [3.05, 3.63) is 72.3 Å². The van der Waals surface area contributed by atoms with Gasteiger partial charge in [0, 0.05) is 48.5 Å². The molecule has 0 atom stereocenters. The third-order valence-electron chi connectivity index (χ3n) is 5.59. The molecule has 2 heterocycles. The SMILES string of the molecule is Nc1nc(Nc2ccc(N3CCNCC3)cc2)nc2c(-c3c(F)cccc3F)cccc12. The van der Waals surface area contributed by atoms with Crippen molar-refractivity contribution in [1.82, 2.24) is 15.3 Å². The summed E-state index contributed by atoms with van der Waals surface area (Å²) in [6.07, 6.45) is 0. The van der Waals surface area contributed by atoms with Crippen molar-refractivity contribution >= 4 is 34.0 Å². The number of piperazine rings is 1. The Hall–Kier alpha value is -3.78. The normalized spacial score (nSPS) is 14.0. The fourth-order valence-corrected chi connectivity index (χ4v) is 4.00. The Morgan fingerprint density at radius 2 is 1.56 bits per heavy atom. The Bertz CT molecular complexity index is 1250. The van der Waals surface area contributed by atoms with Gasteiger partial charge in [-0.05, 0) is 42.5 Å². The molecular formula is C24H22F2N6. The summed E-state index contributed by atoms with van der Waals surface area (Å²) in [4.78, 5) is 11.2. The fourth-order valence-electron chi connectivity index (χ4n) is 4.00. The summed E-state index contributed by atoms with van der Waals surface area (Å²) in [5, 5.41) is 7.03. The lowest BCUT2D eigenvalue weighted by molar-refractivity contribution is 0.589. The Balaban J connectivity index is 1.50. The number of para-hydroxylation sites is 1. The second-order valence-corrected chi connectivity index (χ2v) is 7.64. The first-order chi connectivity index (χ1) is 15.6. The number of halogens is 2. The summed E-state index contributed by atoms with van der Waals surface area (Å²) in [5.41, 5.74) is 8.67. The number of benzene rings is 3. The lowest BCUT2D eigenvalue weighted by Gasteiger charge is -2.29. The molecule has 3 aromatic carbocycles. The number of aromatic nitrogens is 2. The van der Waals surface area contributed by atoms with Crippen LogP contribution in [0.1, 0.15) is 0 Å². The van der Waals surface area contributed by atoms with Gasteiger partial charge < -0.3 is 21.3 Å². The number of nitrogens with zero attached hydrogens (tertiary/aromatic N) is 3. The highest BCUT2D eigenvalue weighted by molar-refractivity contribution is 5.99. The zero-order valence-electron chi connectivity index (χ0n) is 17.3. The largest absolute Gasteiger partial charge is 0.383 e. The van der Waals surface area contributed by atoms with E-state index in [-0.39, 0.29) is 17.3 Å². The van der Waals surface area contributed by atoms with E-state index in [0.29, 0.717) is 16.5 Å². The van der Waals surface area contributed by atoms with Crippen LogP contribution in [0.5, 0.6) is 0 Å². The maximum absolute atomic E-state index is 14.5. The number of hydrogen-bond acceptors (Lipinski definition) is 6. The average molecular weight is 432 g/mol. The summed E-state index contributed by atoms with van der Waals surface area (Å²) in [6.45, 7) is 3.86. The molecule has 32 heavy (non-hydrogen) atoms. The smallest absolute Gasteiger partial charge is 0.229 e. The first-order valence-corrected chi connectivity index (χ1v) is 10.4. The second-order valence-electron chi connectivity index (χ2n) is 7.64. The van der Waals surface area contributed by atoms with Crippen LogP contribution in [0, 0.1) is 11.6 Å². The van der Waals surface area contributed by atoms with Gasteiger partial charge in [0.15, 0.2) is 0 Å². The topological polar surface area (TPSA) is 79.1 Å². The minimum Gasteiger partial charge on any atom is -0.383 e. The summed E-state index contributed by atoms with van der Waals surface area (Å²) in [7, 11) is 0. The Morgan fingerprint density at radius 3 is 2.28 bits per heavy atom. The third kappa shape index (κ3) is 3.80. The third-order valence-corrected chi connectivity index (χ3v) is 5.59. The number of fused-ring (bicyclic) bond motifs is 1. The van der Waals surface area contributed by atoms with Crippen LogP contribution < -0.4 is 21.3 Å². The number of rotatable bonds is 4. The molecule has 6 nitrogen and oxygen atoms in total. The summed E-state index contributed by atoms with van der Waals surface area (Å²) < 4.78 is 28.9. The number of nitrogens with two attached hydrogens (primary N) is 1. The van der Waals surface area contributed by atoms with Crippen LogP contribution in [0.3, 0.4) is 0 Å². The molecule has 5 rings (SSSR count). The highest BCUT2D eigenvalue weighted by Crippen LogP contribution is 2.34. The molecule has 1 saturated heterocycles. The van der Waals surface area contributed by atoms with Gasteiger partial charge in [-0.15, -0.1) is 0 Å².